The summed E-state index contributed by atoms with van der Waals surface area (Å²) in [6.07, 6.45) is 0. The van der Waals surface area contributed by atoms with E-state index in [1.54, 1.807) is 0 Å². The third-order valence-electron chi connectivity index (χ3n) is 1.64. The van der Waals surface area contributed by atoms with Crippen LogP contribution in [-0.2, 0) is 4.79 Å². The van der Waals surface area contributed by atoms with Crippen molar-refractivity contribution in [1.82, 2.24) is 10.2 Å². The fourth-order valence-electron chi connectivity index (χ4n) is 0.920. The van der Waals surface area contributed by atoms with Crippen LogP contribution in [0.2, 0.25) is 0 Å². The lowest BCUT2D eigenvalue weighted by Crippen LogP contribution is -2.37. The van der Waals surface area contributed by atoms with Crippen LogP contribution in [0, 0.1) is 0 Å². The van der Waals surface area contributed by atoms with Crippen LogP contribution in [0.15, 0.2) is 0 Å². The molecule has 3 nitrogen and oxygen atoms in total. The second-order valence-electron chi connectivity index (χ2n) is 2.35. The minimum Gasteiger partial charge on any atom is -0.342 e. The van der Waals surface area contributed by atoms with Crippen LogP contribution in [-0.4, -0.2) is 37.0 Å². The first-order chi connectivity index (χ1) is 5.26. The van der Waals surface area contributed by atoms with E-state index in [1.165, 1.54) is 0 Å². The minimum atomic E-state index is 0. The van der Waals surface area contributed by atoms with Crippen LogP contribution in [0.25, 0.3) is 0 Å². The van der Waals surface area contributed by atoms with Gasteiger partial charge in [0.25, 0.3) is 0 Å². The Morgan fingerprint density at radius 3 is 2.27 bits per heavy atom. The molecule has 0 aromatic heterocycles. The predicted octanol–water partition coefficient (Wildman–Crippen LogP) is 0.710. The topological polar surface area (TPSA) is 32.3 Å². The summed E-state index contributed by atoms with van der Waals surface area (Å²) in [5, 5.41) is 3.01. The summed E-state index contributed by atoms with van der Waals surface area (Å²) in [6, 6.07) is 0. The molecule has 0 aromatic carbocycles. The molecule has 0 atom stereocenters. The standard InChI is InChI=1S/C8H18N2O.H2/c1-4-9-7-8(11)10(5-2)6-3;/h9H,4-7H2,1-3H3;1H. The van der Waals surface area contributed by atoms with Gasteiger partial charge in [-0.3, -0.25) is 4.79 Å². The Labute approximate surface area is 70.2 Å². The molecule has 1 N–H and O–H groups in total. The number of carbonyl (C=O) groups excluding carboxylic acids is 1. The van der Waals surface area contributed by atoms with Crippen LogP contribution in [0.1, 0.15) is 22.2 Å². The molecule has 0 saturated heterocycles. The molecule has 0 unspecified atom stereocenters. The molecule has 1 amide bonds. The van der Waals surface area contributed by atoms with E-state index in [0.717, 1.165) is 19.6 Å². The molecule has 68 valence electrons. The van der Waals surface area contributed by atoms with Crippen molar-refractivity contribution in [1.29, 1.82) is 0 Å². The third-order valence-corrected chi connectivity index (χ3v) is 1.64. The molecule has 0 rings (SSSR count). The second kappa shape index (κ2) is 6.16. The lowest BCUT2D eigenvalue weighted by Gasteiger charge is -2.18. The van der Waals surface area contributed by atoms with Gasteiger partial charge in [-0.2, -0.15) is 0 Å². The summed E-state index contributed by atoms with van der Waals surface area (Å²) in [4.78, 5) is 13.0. The SMILES string of the molecule is CCNCC(=O)N(CC)CC.[HH]. The van der Waals surface area contributed by atoms with Gasteiger partial charge >= 0.3 is 0 Å². The Hall–Kier alpha value is -0.570. The van der Waals surface area contributed by atoms with Gasteiger partial charge in [0.1, 0.15) is 0 Å². The van der Waals surface area contributed by atoms with Gasteiger partial charge in [0.15, 0.2) is 0 Å². The Kier molecular flexibility index (Phi) is 5.84. The van der Waals surface area contributed by atoms with Crippen molar-refractivity contribution in [2.45, 2.75) is 20.8 Å². The lowest BCUT2D eigenvalue weighted by molar-refractivity contribution is -0.129. The molecule has 3 heteroatoms. The highest BCUT2D eigenvalue weighted by Crippen LogP contribution is 1.86. The molecule has 0 radical (unpaired) electrons. The van der Waals surface area contributed by atoms with E-state index < -0.39 is 0 Å². The molecule has 0 heterocycles. The number of nitrogens with zero attached hydrogens (tertiary/aromatic N) is 1. The smallest absolute Gasteiger partial charge is 0.236 e. The van der Waals surface area contributed by atoms with Gasteiger partial charge in [0.2, 0.25) is 5.91 Å². The Balaban J connectivity index is 0. The number of hydrogen-bond acceptors (Lipinski definition) is 2. The molecule has 0 fully saturated rings. The number of likely N-dealkylation sites (N-methyl/N-ethyl adjacent to an activating group) is 2. The van der Waals surface area contributed by atoms with Crippen molar-refractivity contribution in [3.8, 4) is 0 Å². The normalized spacial score (nSPS) is 9.73. The van der Waals surface area contributed by atoms with Gasteiger partial charge in [0, 0.05) is 14.5 Å². The first kappa shape index (κ1) is 10.4. The van der Waals surface area contributed by atoms with Crippen molar-refractivity contribution in [2.24, 2.45) is 0 Å². The van der Waals surface area contributed by atoms with Crippen LogP contribution in [0.5, 0.6) is 0 Å². The number of rotatable bonds is 5. The maximum absolute atomic E-state index is 11.2. The van der Waals surface area contributed by atoms with Gasteiger partial charge in [-0.15, -0.1) is 0 Å². The largest absolute Gasteiger partial charge is 0.342 e. The summed E-state index contributed by atoms with van der Waals surface area (Å²) in [5.41, 5.74) is 0. The maximum atomic E-state index is 11.2. The average Bonchev–Trinajstić information content (AvgIpc) is 2.03. The predicted molar refractivity (Wildman–Crippen MR) is 48.6 cm³/mol. The monoisotopic (exact) mass is 160 g/mol. The van der Waals surface area contributed by atoms with Crippen LogP contribution < -0.4 is 5.32 Å². The molecule has 0 aliphatic heterocycles. The summed E-state index contributed by atoms with van der Waals surface area (Å²) >= 11 is 0. The summed E-state index contributed by atoms with van der Waals surface area (Å²) < 4.78 is 0. The first-order valence-electron chi connectivity index (χ1n) is 4.24. The Morgan fingerprint density at radius 1 is 1.36 bits per heavy atom. The summed E-state index contributed by atoms with van der Waals surface area (Å²) in [6.45, 7) is 8.92. The van der Waals surface area contributed by atoms with E-state index in [1.807, 2.05) is 25.7 Å². The molecular weight excluding hydrogens is 140 g/mol. The number of hydrogen-bond donors (Lipinski definition) is 1. The van der Waals surface area contributed by atoms with Crippen molar-refractivity contribution >= 4 is 5.91 Å². The third kappa shape index (κ3) is 3.98. The fourth-order valence-corrected chi connectivity index (χ4v) is 0.920. The molecule has 0 aliphatic rings. The van der Waals surface area contributed by atoms with Gasteiger partial charge in [0.05, 0.1) is 6.54 Å². The van der Waals surface area contributed by atoms with Gasteiger partial charge in [-0.05, 0) is 20.4 Å². The molecule has 0 bridgehead atoms. The quantitative estimate of drug-likeness (QED) is 0.642. The minimum absolute atomic E-state index is 0. The first-order valence-corrected chi connectivity index (χ1v) is 4.24. The van der Waals surface area contributed by atoms with Gasteiger partial charge < -0.3 is 10.2 Å². The number of carbonyl (C=O) groups is 1. The van der Waals surface area contributed by atoms with E-state index >= 15 is 0 Å². The highest BCUT2D eigenvalue weighted by molar-refractivity contribution is 5.78. The summed E-state index contributed by atoms with van der Waals surface area (Å²) in [5.74, 6) is 0.192. The second-order valence-corrected chi connectivity index (χ2v) is 2.35. The molecule has 0 aliphatic carbocycles. The van der Waals surface area contributed by atoms with Crippen LogP contribution in [0.3, 0.4) is 0 Å². The highest BCUT2D eigenvalue weighted by atomic mass is 16.2. The molecule has 11 heavy (non-hydrogen) atoms. The van der Waals surface area contributed by atoms with Crippen molar-refractivity contribution in [2.75, 3.05) is 26.2 Å². The van der Waals surface area contributed by atoms with Gasteiger partial charge in [-0.1, -0.05) is 6.92 Å². The van der Waals surface area contributed by atoms with Crippen LogP contribution in [0.4, 0.5) is 0 Å². The maximum Gasteiger partial charge on any atom is 0.236 e. The number of nitrogens with one attached hydrogen (secondary N) is 1. The van der Waals surface area contributed by atoms with E-state index in [-0.39, 0.29) is 7.33 Å². The van der Waals surface area contributed by atoms with Crippen molar-refractivity contribution < 1.29 is 6.22 Å². The zero-order valence-electron chi connectivity index (χ0n) is 7.68. The lowest BCUT2D eigenvalue weighted by atomic mass is 10.4. The molecule has 0 saturated carbocycles. The Bertz CT molecular complexity index is 116. The zero-order chi connectivity index (χ0) is 8.69. The zero-order valence-corrected chi connectivity index (χ0v) is 7.68. The molecular formula is C8H20N2O. The van der Waals surface area contributed by atoms with E-state index in [2.05, 4.69) is 5.32 Å². The van der Waals surface area contributed by atoms with Crippen LogP contribution >= 0.6 is 0 Å². The highest BCUT2D eigenvalue weighted by Gasteiger charge is 2.06. The fraction of sp³-hybridized carbons (Fsp3) is 0.875. The number of amides is 1. The molecule has 0 aromatic rings. The Morgan fingerprint density at radius 2 is 1.91 bits per heavy atom. The summed E-state index contributed by atoms with van der Waals surface area (Å²) in [7, 11) is 0. The van der Waals surface area contributed by atoms with Gasteiger partial charge in [-0.25, -0.2) is 0 Å². The van der Waals surface area contributed by atoms with E-state index in [9.17, 15) is 4.79 Å². The van der Waals surface area contributed by atoms with Crippen molar-refractivity contribution in [3.05, 3.63) is 0 Å². The van der Waals surface area contributed by atoms with E-state index in [4.69, 9.17) is 0 Å². The van der Waals surface area contributed by atoms with Crippen molar-refractivity contribution in [3.63, 3.8) is 0 Å². The van der Waals surface area contributed by atoms with E-state index in [0.29, 0.717) is 6.54 Å². The molecule has 0 spiro atoms. The average molecular weight is 160 g/mol.